The minimum absolute atomic E-state index is 0.00604. The Morgan fingerprint density at radius 2 is 0.275 bits per heavy atom. The first-order valence-corrected chi connectivity index (χ1v) is 57.8. The van der Waals surface area contributed by atoms with Crippen molar-refractivity contribution < 1.29 is 55.9 Å². The second kappa shape index (κ2) is 79.8. The molecular formula is C117H195N9O12. The predicted molar refractivity (Wildman–Crippen MR) is 569 cm³/mol. The Morgan fingerprint density at radius 3 is 0.420 bits per heavy atom. The lowest BCUT2D eigenvalue weighted by Crippen LogP contribution is -2.07. The van der Waals surface area contributed by atoms with Crippen LogP contribution in [0, 0.1) is 0 Å². The molecule has 0 radical (unpaired) electrons. The van der Waals surface area contributed by atoms with Crippen molar-refractivity contribution >= 4 is 0 Å². The highest BCUT2D eigenvalue weighted by atomic mass is 16.6. The standard InChI is InChI=1S/C117H195N9O12/c1-10-19-28-37-46-55-64-73-82-127-100-91-97(92-101(128-83-74-65-56-47-38-29-20-11-2)106(100)133-88-79-70-61-52-43-34-25-16-7)112-121-124-115(136-112)109-118-110(116-125-122-113(137-116)98-93-102(129-84-75-66-57-48-39-30-21-12-3)107(134-89-80-71-62-53-44-35-26-17-8)103(94-98)130-85-76-67-58-49-40-31-22-13-4)120-111(119-109)117-126-123-114(138-117)99-95-104(131-86-77-68-59-50-41-32-23-14-5)108(135-90-81-72-63-54-45-36-27-18-9)105(96-99)132-87-78-69-60-51-42-33-24-15-6/h91-96H,10-90H2,1-9H3. The Bertz CT molecular complexity index is 3530. The normalized spacial score (nSPS) is 11.5. The van der Waals surface area contributed by atoms with Crippen LogP contribution in [0.2, 0.25) is 0 Å². The first kappa shape index (κ1) is 117. The summed E-state index contributed by atoms with van der Waals surface area (Å²) in [5.74, 6) is 5.68. The summed E-state index contributed by atoms with van der Waals surface area (Å²) in [7, 11) is 0. The van der Waals surface area contributed by atoms with E-state index in [1.165, 1.54) is 308 Å². The number of aromatic nitrogens is 9. The van der Waals surface area contributed by atoms with Gasteiger partial charge in [0.2, 0.25) is 52.4 Å². The van der Waals surface area contributed by atoms with Crippen LogP contribution < -0.4 is 42.6 Å². The van der Waals surface area contributed by atoms with Gasteiger partial charge in [-0.25, -0.2) is 0 Å². The van der Waals surface area contributed by atoms with Gasteiger partial charge < -0.3 is 55.9 Å². The highest BCUT2D eigenvalue weighted by molar-refractivity contribution is 5.69. The lowest BCUT2D eigenvalue weighted by atomic mass is 10.1. The summed E-state index contributed by atoms with van der Waals surface area (Å²) in [6.45, 7) is 25.1. The van der Waals surface area contributed by atoms with Gasteiger partial charge in [0.05, 0.1) is 59.5 Å². The third-order valence-electron chi connectivity index (χ3n) is 26.6. The monoisotopic (exact) mass is 1920 g/mol. The fourth-order valence-electron chi connectivity index (χ4n) is 17.9. The maximum atomic E-state index is 6.87. The van der Waals surface area contributed by atoms with Gasteiger partial charge in [-0.05, 0) is 94.2 Å². The van der Waals surface area contributed by atoms with Crippen molar-refractivity contribution in [2.45, 2.75) is 525 Å². The van der Waals surface area contributed by atoms with Gasteiger partial charge in [0.25, 0.3) is 17.7 Å². The number of hydrogen-bond acceptors (Lipinski definition) is 21. The molecule has 0 aliphatic carbocycles. The van der Waals surface area contributed by atoms with E-state index >= 15 is 0 Å². The van der Waals surface area contributed by atoms with Crippen LogP contribution in [0.5, 0.6) is 51.7 Å². The summed E-state index contributed by atoms with van der Waals surface area (Å²) < 4.78 is 82.3. The molecule has 21 nitrogen and oxygen atoms in total. The molecule has 21 heteroatoms. The van der Waals surface area contributed by atoms with E-state index in [2.05, 4.69) is 62.3 Å². The predicted octanol–water partition coefficient (Wildman–Crippen LogP) is 36.7. The zero-order valence-corrected chi connectivity index (χ0v) is 89.2. The molecule has 0 fully saturated rings. The Balaban J connectivity index is 1.36. The SMILES string of the molecule is CCCCCCCCCCOc1cc(-c2nnc(-c3nc(-c4nnc(-c5cc(OCCCCCCCCCC)c(OCCCCCCCCCC)c(OCCCCCCCCCC)c5)o4)nc(-c4nnc(-c5cc(OCCCCCCCCCC)c(OCCCCCCCCCC)c(OCCCCCCCCCC)c5)o4)n3)o2)cc(OCCCCCCCCCC)c1OCCCCCCCCCC. The summed E-state index contributed by atoms with van der Waals surface area (Å²) in [5.41, 5.74) is 1.75. The molecule has 138 heavy (non-hydrogen) atoms. The second-order valence-electron chi connectivity index (χ2n) is 39.4. The van der Waals surface area contributed by atoms with E-state index in [4.69, 9.17) is 101 Å². The van der Waals surface area contributed by atoms with E-state index in [1.807, 2.05) is 36.4 Å². The fraction of sp³-hybridized carbons (Fsp3) is 0.769. The Morgan fingerprint density at radius 1 is 0.152 bits per heavy atom. The minimum atomic E-state index is -0.0227. The smallest absolute Gasteiger partial charge is 0.286 e. The lowest BCUT2D eigenvalue weighted by Gasteiger charge is -2.18. The molecule has 3 aromatic carbocycles. The molecule has 0 atom stereocenters. The van der Waals surface area contributed by atoms with E-state index in [9.17, 15) is 0 Å². The highest BCUT2D eigenvalue weighted by Gasteiger charge is 2.29. The number of benzene rings is 3. The minimum Gasteiger partial charge on any atom is -0.490 e. The van der Waals surface area contributed by atoms with Crippen LogP contribution in [-0.2, 0) is 0 Å². The van der Waals surface area contributed by atoms with Crippen LogP contribution in [-0.4, -0.2) is 105 Å². The van der Waals surface area contributed by atoms with E-state index in [0.29, 0.717) is 128 Å². The summed E-state index contributed by atoms with van der Waals surface area (Å²) in [6.07, 6.45) is 85.1. The molecule has 0 unspecified atom stereocenters. The van der Waals surface area contributed by atoms with E-state index < -0.39 is 0 Å². The summed E-state index contributed by atoms with van der Waals surface area (Å²) in [6, 6.07) is 11.7. The zero-order chi connectivity index (χ0) is 97.5. The fourth-order valence-corrected chi connectivity index (χ4v) is 17.9. The van der Waals surface area contributed by atoms with Crippen LogP contribution in [0.15, 0.2) is 49.6 Å². The van der Waals surface area contributed by atoms with Crippen molar-refractivity contribution in [3.8, 4) is 121 Å². The summed E-state index contributed by atoms with van der Waals surface area (Å²) in [4.78, 5) is 15.3. The average molecular weight is 1920 g/mol. The van der Waals surface area contributed by atoms with Gasteiger partial charge in [-0.2, -0.15) is 15.0 Å². The van der Waals surface area contributed by atoms with Crippen LogP contribution in [0.4, 0.5) is 0 Å². The zero-order valence-electron chi connectivity index (χ0n) is 89.2. The number of rotatable bonds is 96. The van der Waals surface area contributed by atoms with E-state index in [0.717, 1.165) is 154 Å². The van der Waals surface area contributed by atoms with E-state index in [1.54, 1.807) is 0 Å². The number of unbranched alkanes of at least 4 members (excludes halogenated alkanes) is 63. The topological polar surface area (TPSA) is 238 Å². The van der Waals surface area contributed by atoms with Gasteiger partial charge in [-0.1, -0.05) is 467 Å². The first-order valence-electron chi connectivity index (χ1n) is 57.8. The van der Waals surface area contributed by atoms with Crippen LogP contribution in [0.25, 0.3) is 69.5 Å². The maximum Gasteiger partial charge on any atom is 0.286 e. The Hall–Kier alpha value is -7.71. The highest BCUT2D eigenvalue weighted by Crippen LogP contribution is 2.47. The molecule has 780 valence electrons. The Labute approximate surface area is 838 Å². The molecule has 4 heterocycles. The van der Waals surface area contributed by atoms with Gasteiger partial charge in [0, 0.05) is 16.7 Å². The number of ether oxygens (including phenoxy) is 9. The molecule has 0 amide bonds. The molecule has 0 spiro atoms. The average Bonchev–Trinajstić information content (AvgIpc) is 1.15. The number of hydrogen-bond donors (Lipinski definition) is 0. The van der Waals surface area contributed by atoms with Crippen LogP contribution >= 0.6 is 0 Å². The molecule has 0 aliphatic rings. The molecular weight excluding hydrogens is 1720 g/mol. The molecule has 0 aliphatic heterocycles. The van der Waals surface area contributed by atoms with Gasteiger partial charge in [0.1, 0.15) is 0 Å². The van der Waals surface area contributed by atoms with Gasteiger partial charge in [0.15, 0.2) is 34.5 Å². The molecule has 0 saturated heterocycles. The van der Waals surface area contributed by atoms with Gasteiger partial charge in [-0.3, -0.25) is 0 Å². The van der Waals surface area contributed by atoms with E-state index in [-0.39, 0.29) is 52.8 Å². The third-order valence-corrected chi connectivity index (χ3v) is 26.6. The van der Waals surface area contributed by atoms with Crippen molar-refractivity contribution in [1.82, 2.24) is 45.5 Å². The summed E-state index contributed by atoms with van der Waals surface area (Å²) in [5, 5.41) is 28.6. The molecule has 7 rings (SSSR count). The molecule has 0 N–H and O–H groups in total. The number of nitrogens with zero attached hydrogens (tertiary/aromatic N) is 9. The quantitative estimate of drug-likeness (QED) is 0.0322. The van der Waals surface area contributed by atoms with Crippen molar-refractivity contribution in [3.05, 3.63) is 36.4 Å². The Kier molecular flexibility index (Phi) is 67.8. The van der Waals surface area contributed by atoms with Crippen LogP contribution in [0.1, 0.15) is 525 Å². The van der Waals surface area contributed by atoms with Gasteiger partial charge in [-0.15, -0.1) is 30.6 Å². The first-order chi connectivity index (χ1) is 68.3. The van der Waals surface area contributed by atoms with Gasteiger partial charge >= 0.3 is 0 Å². The lowest BCUT2D eigenvalue weighted by molar-refractivity contribution is 0.234. The second-order valence-corrected chi connectivity index (χ2v) is 39.4. The molecule has 0 bridgehead atoms. The van der Waals surface area contributed by atoms with Crippen LogP contribution in [0.3, 0.4) is 0 Å². The maximum absolute atomic E-state index is 6.87. The van der Waals surface area contributed by atoms with Crippen molar-refractivity contribution in [2.75, 3.05) is 59.5 Å². The van der Waals surface area contributed by atoms with Crippen molar-refractivity contribution in [1.29, 1.82) is 0 Å². The van der Waals surface area contributed by atoms with Crippen molar-refractivity contribution in [2.24, 2.45) is 0 Å². The molecule has 0 saturated carbocycles. The molecule has 4 aromatic heterocycles. The largest absolute Gasteiger partial charge is 0.490 e. The van der Waals surface area contributed by atoms with Crippen molar-refractivity contribution in [3.63, 3.8) is 0 Å². The summed E-state index contributed by atoms with van der Waals surface area (Å²) >= 11 is 0. The third kappa shape index (κ3) is 50.8. The molecule has 7 aromatic rings.